The zero-order valence-electron chi connectivity index (χ0n) is 8.97. The first-order valence-corrected chi connectivity index (χ1v) is 5.20. The molecular weight excluding hydrogens is 232 g/mol. The largest absolute Gasteiger partial charge is 0.370 e. The van der Waals surface area contributed by atoms with E-state index < -0.39 is 10.8 Å². The predicted octanol–water partition coefficient (Wildman–Crippen LogP) is 2.23. The summed E-state index contributed by atoms with van der Waals surface area (Å²) < 4.78 is 25.9. The molecule has 5 nitrogen and oxygen atoms in total. The molecule has 0 saturated carbocycles. The molecule has 0 radical (unpaired) electrons. The summed E-state index contributed by atoms with van der Waals surface area (Å²) in [6, 6.07) is 1.36. The van der Waals surface area contributed by atoms with Gasteiger partial charge in [-0.1, -0.05) is 0 Å². The fourth-order valence-electron chi connectivity index (χ4n) is 1.78. The number of rotatable bonds is 2. The molecule has 0 spiro atoms. The van der Waals surface area contributed by atoms with Gasteiger partial charge in [0.25, 0.3) is 11.6 Å². The molecule has 7 heteroatoms. The summed E-state index contributed by atoms with van der Waals surface area (Å²) in [4.78, 5) is 15.5. The fraction of sp³-hybridized carbons (Fsp3) is 0.500. The van der Waals surface area contributed by atoms with Crippen molar-refractivity contribution in [1.29, 1.82) is 0 Å². The maximum Gasteiger partial charge on any atom is 0.289 e. The van der Waals surface area contributed by atoms with Crippen LogP contribution >= 0.6 is 0 Å². The summed E-state index contributed by atoms with van der Waals surface area (Å²) in [5.74, 6) is -2.62. The first-order valence-electron chi connectivity index (χ1n) is 5.20. The Labute approximate surface area is 96.2 Å². The summed E-state index contributed by atoms with van der Waals surface area (Å²) in [5.41, 5.74) is 0.398. The molecule has 17 heavy (non-hydrogen) atoms. The third-order valence-electron chi connectivity index (χ3n) is 2.78. The molecule has 0 N–H and O–H groups in total. The van der Waals surface area contributed by atoms with E-state index in [0.717, 1.165) is 6.20 Å². The van der Waals surface area contributed by atoms with E-state index in [1.807, 2.05) is 0 Å². The molecule has 0 aliphatic carbocycles. The molecule has 0 atom stereocenters. The molecule has 1 aliphatic heterocycles. The van der Waals surface area contributed by atoms with Crippen molar-refractivity contribution in [2.75, 3.05) is 18.0 Å². The van der Waals surface area contributed by atoms with Crippen molar-refractivity contribution in [1.82, 2.24) is 4.98 Å². The topological polar surface area (TPSA) is 59.3 Å². The van der Waals surface area contributed by atoms with Gasteiger partial charge in [-0.25, -0.2) is 8.78 Å². The van der Waals surface area contributed by atoms with Crippen LogP contribution in [-0.2, 0) is 0 Å². The number of hydrogen-bond acceptors (Lipinski definition) is 4. The van der Waals surface area contributed by atoms with Crippen LogP contribution in [0.2, 0.25) is 0 Å². The van der Waals surface area contributed by atoms with Gasteiger partial charge in [0.2, 0.25) is 0 Å². The molecule has 1 saturated heterocycles. The van der Waals surface area contributed by atoms with Crippen LogP contribution in [0.25, 0.3) is 0 Å². The number of hydrogen-bond donors (Lipinski definition) is 0. The summed E-state index contributed by atoms with van der Waals surface area (Å²) in [7, 11) is 0. The van der Waals surface area contributed by atoms with Crippen molar-refractivity contribution in [3.63, 3.8) is 0 Å². The second-order valence-corrected chi connectivity index (χ2v) is 4.00. The van der Waals surface area contributed by atoms with E-state index in [0.29, 0.717) is 5.69 Å². The maximum absolute atomic E-state index is 13.0. The molecule has 0 amide bonds. The van der Waals surface area contributed by atoms with Crippen LogP contribution in [-0.4, -0.2) is 28.9 Å². The van der Waals surface area contributed by atoms with Crippen LogP contribution in [0.15, 0.2) is 18.5 Å². The number of halogens is 2. The zero-order valence-corrected chi connectivity index (χ0v) is 8.97. The highest BCUT2D eigenvalue weighted by Gasteiger charge is 2.34. The van der Waals surface area contributed by atoms with Gasteiger partial charge in [-0.15, -0.1) is 0 Å². The normalized spacial score (nSPS) is 19.1. The van der Waals surface area contributed by atoms with E-state index in [4.69, 9.17) is 0 Å². The van der Waals surface area contributed by atoms with Crippen LogP contribution in [0.1, 0.15) is 12.8 Å². The van der Waals surface area contributed by atoms with E-state index >= 15 is 0 Å². The lowest BCUT2D eigenvalue weighted by Crippen LogP contribution is -2.39. The molecule has 92 valence electrons. The van der Waals surface area contributed by atoms with Gasteiger partial charge >= 0.3 is 0 Å². The van der Waals surface area contributed by atoms with Crippen LogP contribution in [0.4, 0.5) is 20.2 Å². The highest BCUT2D eigenvalue weighted by Crippen LogP contribution is 2.30. The Morgan fingerprint density at radius 3 is 2.59 bits per heavy atom. The molecule has 0 unspecified atom stereocenters. The number of alkyl halides is 2. The average molecular weight is 243 g/mol. The van der Waals surface area contributed by atoms with Crippen molar-refractivity contribution < 1.29 is 13.7 Å². The minimum absolute atomic E-state index is 0.125. The lowest BCUT2D eigenvalue weighted by molar-refractivity contribution is -0.385. The second-order valence-electron chi connectivity index (χ2n) is 4.00. The molecule has 0 bridgehead atoms. The minimum atomic E-state index is -2.62. The number of piperidine rings is 1. The summed E-state index contributed by atoms with van der Waals surface area (Å²) in [5, 5.41) is 10.6. The zero-order chi connectivity index (χ0) is 12.5. The average Bonchev–Trinajstić information content (AvgIpc) is 2.29. The first kappa shape index (κ1) is 11.7. The maximum atomic E-state index is 13.0. The van der Waals surface area contributed by atoms with Gasteiger partial charge in [0.1, 0.15) is 6.20 Å². The van der Waals surface area contributed by atoms with Crippen molar-refractivity contribution in [3.05, 3.63) is 28.6 Å². The lowest BCUT2D eigenvalue weighted by atomic mass is 10.1. The number of pyridine rings is 1. The standard InChI is InChI=1S/C10H11F2N3O2/c11-10(12)1-3-14(4-2-10)8-5-9(15(16)17)7-13-6-8/h5-7H,1-4H2. The summed E-state index contributed by atoms with van der Waals surface area (Å²) in [6.45, 7) is 0.381. The van der Waals surface area contributed by atoms with Crippen LogP contribution in [0.3, 0.4) is 0 Å². The molecule has 1 aliphatic rings. The fourth-order valence-corrected chi connectivity index (χ4v) is 1.78. The van der Waals surface area contributed by atoms with Gasteiger partial charge in [-0.05, 0) is 0 Å². The molecule has 2 rings (SSSR count). The molecular formula is C10H11F2N3O2. The molecule has 1 fully saturated rings. The number of nitro groups is 1. The lowest BCUT2D eigenvalue weighted by Gasteiger charge is -2.32. The SMILES string of the molecule is O=[N+]([O-])c1cncc(N2CCC(F)(F)CC2)c1. The molecule has 1 aromatic heterocycles. The summed E-state index contributed by atoms with van der Waals surface area (Å²) >= 11 is 0. The third kappa shape index (κ3) is 2.66. The minimum Gasteiger partial charge on any atom is -0.370 e. The van der Waals surface area contributed by atoms with Gasteiger partial charge in [-0.3, -0.25) is 15.1 Å². The van der Waals surface area contributed by atoms with Crippen molar-refractivity contribution in [2.45, 2.75) is 18.8 Å². The molecule has 2 heterocycles. The Morgan fingerprint density at radius 2 is 2.00 bits per heavy atom. The summed E-state index contributed by atoms with van der Waals surface area (Å²) in [6.07, 6.45) is 2.14. The monoisotopic (exact) mass is 243 g/mol. The highest BCUT2D eigenvalue weighted by atomic mass is 19.3. The Bertz CT molecular complexity index is 429. The Hall–Kier alpha value is -1.79. The van der Waals surface area contributed by atoms with E-state index in [1.54, 1.807) is 4.90 Å². The smallest absolute Gasteiger partial charge is 0.289 e. The highest BCUT2D eigenvalue weighted by molar-refractivity contribution is 5.50. The van der Waals surface area contributed by atoms with Crippen LogP contribution in [0.5, 0.6) is 0 Å². The van der Waals surface area contributed by atoms with Gasteiger partial charge in [0.15, 0.2) is 0 Å². The van der Waals surface area contributed by atoms with E-state index in [2.05, 4.69) is 4.98 Å². The van der Waals surface area contributed by atoms with Crippen molar-refractivity contribution in [3.8, 4) is 0 Å². The Kier molecular flexibility index (Phi) is 2.91. The second kappa shape index (κ2) is 4.23. The number of aromatic nitrogens is 1. The number of nitrogens with zero attached hydrogens (tertiary/aromatic N) is 3. The van der Waals surface area contributed by atoms with Gasteiger partial charge in [0, 0.05) is 32.0 Å². The van der Waals surface area contributed by atoms with Crippen molar-refractivity contribution >= 4 is 11.4 Å². The Morgan fingerprint density at radius 1 is 1.35 bits per heavy atom. The number of anilines is 1. The van der Waals surface area contributed by atoms with Crippen LogP contribution < -0.4 is 4.90 Å². The molecule has 1 aromatic rings. The van der Waals surface area contributed by atoms with E-state index in [1.165, 1.54) is 12.3 Å². The quantitative estimate of drug-likeness (QED) is 0.590. The van der Waals surface area contributed by atoms with Crippen molar-refractivity contribution in [2.24, 2.45) is 0 Å². The van der Waals surface area contributed by atoms with E-state index in [9.17, 15) is 18.9 Å². The Balaban J connectivity index is 2.13. The van der Waals surface area contributed by atoms with Gasteiger partial charge < -0.3 is 4.90 Å². The van der Waals surface area contributed by atoms with Gasteiger partial charge in [0.05, 0.1) is 16.8 Å². The third-order valence-corrected chi connectivity index (χ3v) is 2.78. The predicted molar refractivity (Wildman–Crippen MR) is 57.3 cm³/mol. The molecule has 0 aromatic carbocycles. The van der Waals surface area contributed by atoms with E-state index in [-0.39, 0.29) is 31.6 Å². The van der Waals surface area contributed by atoms with Crippen LogP contribution in [0, 0.1) is 10.1 Å². The first-order chi connectivity index (χ1) is 7.98. The van der Waals surface area contributed by atoms with Gasteiger partial charge in [-0.2, -0.15) is 0 Å².